The zero-order valence-corrected chi connectivity index (χ0v) is 8.96. The topological polar surface area (TPSA) is 43.4 Å². The minimum absolute atomic E-state index is 0.0866. The number of ether oxygens (including phenoxy) is 1. The molecule has 1 aromatic carbocycles. The number of hydrogen-bond acceptors (Lipinski definition) is 3. The lowest BCUT2D eigenvalue weighted by Crippen LogP contribution is -2.31. The van der Waals surface area contributed by atoms with E-state index >= 15 is 0 Å². The van der Waals surface area contributed by atoms with Gasteiger partial charge in [0.05, 0.1) is 12.2 Å². The summed E-state index contributed by atoms with van der Waals surface area (Å²) in [7, 11) is 0. The molecule has 0 saturated heterocycles. The molecule has 1 aromatic rings. The highest BCUT2D eigenvalue weighted by molar-refractivity contribution is 5.89. The molecule has 0 radical (unpaired) electrons. The Labute approximate surface area is 94.4 Å². The van der Waals surface area contributed by atoms with Gasteiger partial charge in [-0.25, -0.2) is 4.79 Å². The SMILES string of the molecule is O=C[C@H]1CCC1COC(=O)c1ccccc1. The molecule has 0 N–H and O–H groups in total. The number of rotatable bonds is 4. The summed E-state index contributed by atoms with van der Waals surface area (Å²) in [6.45, 7) is 0.358. The summed E-state index contributed by atoms with van der Waals surface area (Å²) >= 11 is 0. The molecule has 1 unspecified atom stereocenters. The fourth-order valence-corrected chi connectivity index (χ4v) is 1.82. The molecule has 16 heavy (non-hydrogen) atoms. The average Bonchev–Trinajstić information content (AvgIpc) is 2.29. The number of aldehydes is 1. The molecule has 0 aromatic heterocycles. The third-order valence-electron chi connectivity index (χ3n) is 3.09. The van der Waals surface area contributed by atoms with Gasteiger partial charge in [-0.15, -0.1) is 0 Å². The van der Waals surface area contributed by atoms with Crippen molar-refractivity contribution in [3.05, 3.63) is 35.9 Å². The van der Waals surface area contributed by atoms with Crippen molar-refractivity contribution >= 4 is 12.3 Å². The highest BCUT2D eigenvalue weighted by atomic mass is 16.5. The van der Waals surface area contributed by atoms with Crippen molar-refractivity contribution in [2.75, 3.05) is 6.61 Å². The van der Waals surface area contributed by atoms with Crippen LogP contribution in [0.3, 0.4) is 0 Å². The third kappa shape index (κ3) is 2.30. The molecule has 0 spiro atoms. The molecule has 84 valence electrons. The Kier molecular flexibility index (Phi) is 3.34. The normalized spacial score (nSPS) is 23.2. The first-order chi connectivity index (χ1) is 7.81. The standard InChI is InChI=1S/C13H14O3/c14-8-11-6-7-12(11)9-16-13(15)10-4-2-1-3-5-10/h1-5,8,11-12H,6-7,9H2/t11-,12?/m1/s1. The van der Waals surface area contributed by atoms with Gasteiger partial charge >= 0.3 is 5.97 Å². The van der Waals surface area contributed by atoms with Gasteiger partial charge in [-0.3, -0.25) is 0 Å². The van der Waals surface area contributed by atoms with Crippen LogP contribution in [0.25, 0.3) is 0 Å². The molecular weight excluding hydrogens is 204 g/mol. The largest absolute Gasteiger partial charge is 0.462 e. The van der Waals surface area contributed by atoms with Gasteiger partial charge in [-0.2, -0.15) is 0 Å². The molecular formula is C13H14O3. The Morgan fingerprint density at radius 1 is 1.31 bits per heavy atom. The van der Waals surface area contributed by atoms with E-state index in [1.807, 2.05) is 6.07 Å². The molecule has 1 aliphatic carbocycles. The molecule has 1 fully saturated rings. The molecule has 2 rings (SSSR count). The lowest BCUT2D eigenvalue weighted by Gasteiger charge is -2.31. The summed E-state index contributed by atoms with van der Waals surface area (Å²) in [6.07, 6.45) is 2.87. The average molecular weight is 218 g/mol. The van der Waals surface area contributed by atoms with Crippen LogP contribution in [0, 0.1) is 11.8 Å². The van der Waals surface area contributed by atoms with E-state index in [-0.39, 0.29) is 17.8 Å². The van der Waals surface area contributed by atoms with Crippen molar-refractivity contribution in [1.29, 1.82) is 0 Å². The summed E-state index contributed by atoms with van der Waals surface area (Å²) in [5, 5.41) is 0. The van der Waals surface area contributed by atoms with E-state index in [0.717, 1.165) is 19.1 Å². The summed E-state index contributed by atoms with van der Waals surface area (Å²) in [4.78, 5) is 22.1. The summed E-state index contributed by atoms with van der Waals surface area (Å²) in [5.41, 5.74) is 0.560. The predicted molar refractivity (Wildman–Crippen MR) is 59.0 cm³/mol. The minimum atomic E-state index is -0.308. The van der Waals surface area contributed by atoms with Crippen molar-refractivity contribution in [3.8, 4) is 0 Å². The van der Waals surface area contributed by atoms with Crippen LogP contribution in [-0.2, 0) is 9.53 Å². The second kappa shape index (κ2) is 4.92. The fraction of sp³-hybridized carbons (Fsp3) is 0.385. The molecule has 0 bridgehead atoms. The van der Waals surface area contributed by atoms with E-state index in [0.29, 0.717) is 12.2 Å². The Bertz CT molecular complexity index is 372. The molecule has 3 heteroatoms. The van der Waals surface area contributed by atoms with Crippen LogP contribution in [0.1, 0.15) is 23.2 Å². The van der Waals surface area contributed by atoms with Gasteiger partial charge in [0.2, 0.25) is 0 Å². The van der Waals surface area contributed by atoms with Crippen LogP contribution in [-0.4, -0.2) is 18.9 Å². The zero-order valence-electron chi connectivity index (χ0n) is 8.96. The highest BCUT2D eigenvalue weighted by Crippen LogP contribution is 2.32. The van der Waals surface area contributed by atoms with E-state index in [2.05, 4.69) is 0 Å². The quantitative estimate of drug-likeness (QED) is 0.574. The number of carbonyl (C=O) groups excluding carboxylic acids is 2. The second-order valence-corrected chi connectivity index (χ2v) is 4.10. The Morgan fingerprint density at radius 2 is 2.06 bits per heavy atom. The Morgan fingerprint density at radius 3 is 2.62 bits per heavy atom. The number of hydrogen-bond donors (Lipinski definition) is 0. The summed E-state index contributed by atoms with van der Waals surface area (Å²) in [5.74, 6) is 0.00545. The first kappa shape index (κ1) is 10.9. The zero-order chi connectivity index (χ0) is 11.4. The van der Waals surface area contributed by atoms with Gasteiger partial charge in [0.15, 0.2) is 0 Å². The Hall–Kier alpha value is -1.64. The number of benzene rings is 1. The van der Waals surface area contributed by atoms with Gasteiger partial charge in [0.1, 0.15) is 6.29 Å². The van der Waals surface area contributed by atoms with E-state index in [1.165, 1.54) is 0 Å². The van der Waals surface area contributed by atoms with Crippen LogP contribution in [0.15, 0.2) is 30.3 Å². The van der Waals surface area contributed by atoms with Crippen molar-refractivity contribution in [2.24, 2.45) is 11.8 Å². The van der Waals surface area contributed by atoms with Crippen LogP contribution in [0.5, 0.6) is 0 Å². The maximum atomic E-state index is 11.6. The van der Waals surface area contributed by atoms with E-state index in [4.69, 9.17) is 4.74 Å². The van der Waals surface area contributed by atoms with Gasteiger partial charge in [0.25, 0.3) is 0 Å². The number of carbonyl (C=O) groups is 2. The van der Waals surface area contributed by atoms with E-state index in [1.54, 1.807) is 24.3 Å². The lowest BCUT2D eigenvalue weighted by molar-refractivity contribution is -0.116. The second-order valence-electron chi connectivity index (χ2n) is 4.10. The van der Waals surface area contributed by atoms with Crippen LogP contribution in [0.4, 0.5) is 0 Å². The van der Waals surface area contributed by atoms with Crippen molar-refractivity contribution in [2.45, 2.75) is 12.8 Å². The smallest absolute Gasteiger partial charge is 0.338 e. The van der Waals surface area contributed by atoms with Crippen LogP contribution >= 0.6 is 0 Å². The predicted octanol–water partition coefficient (Wildman–Crippen LogP) is 2.07. The first-order valence-corrected chi connectivity index (χ1v) is 5.48. The molecule has 2 atom stereocenters. The molecule has 0 amide bonds. The molecule has 0 aliphatic heterocycles. The molecule has 1 aliphatic rings. The van der Waals surface area contributed by atoms with Crippen molar-refractivity contribution in [1.82, 2.24) is 0 Å². The molecule has 1 saturated carbocycles. The maximum absolute atomic E-state index is 11.6. The monoisotopic (exact) mass is 218 g/mol. The summed E-state index contributed by atoms with van der Waals surface area (Å²) in [6, 6.07) is 8.90. The van der Waals surface area contributed by atoms with Gasteiger partial charge < -0.3 is 9.53 Å². The van der Waals surface area contributed by atoms with Crippen molar-refractivity contribution < 1.29 is 14.3 Å². The van der Waals surface area contributed by atoms with E-state index < -0.39 is 0 Å². The molecule has 3 nitrogen and oxygen atoms in total. The van der Waals surface area contributed by atoms with Gasteiger partial charge in [-0.1, -0.05) is 18.2 Å². The Balaban J connectivity index is 1.82. The van der Waals surface area contributed by atoms with Crippen LogP contribution in [0.2, 0.25) is 0 Å². The minimum Gasteiger partial charge on any atom is -0.462 e. The van der Waals surface area contributed by atoms with Crippen molar-refractivity contribution in [3.63, 3.8) is 0 Å². The maximum Gasteiger partial charge on any atom is 0.338 e. The lowest BCUT2D eigenvalue weighted by atomic mass is 9.75. The van der Waals surface area contributed by atoms with Gasteiger partial charge in [-0.05, 0) is 25.0 Å². The molecule has 0 heterocycles. The first-order valence-electron chi connectivity index (χ1n) is 5.48. The fourth-order valence-electron chi connectivity index (χ4n) is 1.82. The van der Waals surface area contributed by atoms with Gasteiger partial charge in [0, 0.05) is 11.8 Å². The third-order valence-corrected chi connectivity index (χ3v) is 3.09. The van der Waals surface area contributed by atoms with Crippen LogP contribution < -0.4 is 0 Å². The highest BCUT2D eigenvalue weighted by Gasteiger charge is 2.31. The number of esters is 1. The summed E-state index contributed by atoms with van der Waals surface area (Å²) < 4.78 is 5.17. The van der Waals surface area contributed by atoms with E-state index in [9.17, 15) is 9.59 Å².